The molecular weight excluding hydrogens is 192 g/mol. The maximum atomic E-state index is 11.7. The third-order valence-corrected chi connectivity index (χ3v) is 2.82. The molecule has 1 aliphatic heterocycles. The van der Waals surface area contributed by atoms with Gasteiger partial charge in [0.2, 0.25) is 5.91 Å². The number of hydrogen-bond acceptors (Lipinski definition) is 3. The van der Waals surface area contributed by atoms with Crippen LogP contribution in [0.2, 0.25) is 0 Å². The number of anilines is 1. The summed E-state index contributed by atoms with van der Waals surface area (Å²) in [4.78, 5) is 16.2. The SMILES string of the molecule is CC1(C)C(=O)Nc2ccc(CON)cc21. The van der Waals surface area contributed by atoms with Crippen LogP contribution in [0.4, 0.5) is 5.69 Å². The van der Waals surface area contributed by atoms with Gasteiger partial charge in [-0.2, -0.15) is 0 Å². The van der Waals surface area contributed by atoms with Crippen molar-refractivity contribution in [1.82, 2.24) is 0 Å². The van der Waals surface area contributed by atoms with Gasteiger partial charge >= 0.3 is 0 Å². The van der Waals surface area contributed by atoms with E-state index >= 15 is 0 Å². The van der Waals surface area contributed by atoms with Crippen LogP contribution in [0.3, 0.4) is 0 Å². The Labute approximate surface area is 88.4 Å². The predicted molar refractivity (Wildman–Crippen MR) is 57.1 cm³/mol. The molecule has 1 aliphatic rings. The number of rotatable bonds is 2. The Balaban J connectivity index is 2.45. The van der Waals surface area contributed by atoms with Crippen LogP contribution >= 0.6 is 0 Å². The lowest BCUT2D eigenvalue weighted by Gasteiger charge is -2.15. The van der Waals surface area contributed by atoms with Gasteiger partial charge in [-0.3, -0.25) is 9.63 Å². The first-order valence-electron chi connectivity index (χ1n) is 4.82. The minimum Gasteiger partial charge on any atom is -0.325 e. The van der Waals surface area contributed by atoms with Gasteiger partial charge in [-0.15, -0.1) is 0 Å². The molecule has 0 bridgehead atoms. The monoisotopic (exact) mass is 206 g/mol. The van der Waals surface area contributed by atoms with Gasteiger partial charge in [0.05, 0.1) is 12.0 Å². The maximum absolute atomic E-state index is 11.7. The molecule has 4 nitrogen and oxygen atoms in total. The normalized spacial score (nSPS) is 17.4. The number of carbonyl (C=O) groups is 1. The minimum absolute atomic E-state index is 0.0308. The Morgan fingerprint density at radius 3 is 2.87 bits per heavy atom. The van der Waals surface area contributed by atoms with Gasteiger partial charge < -0.3 is 5.32 Å². The Hall–Kier alpha value is -1.39. The van der Waals surface area contributed by atoms with Gasteiger partial charge in [-0.1, -0.05) is 12.1 Å². The smallest absolute Gasteiger partial charge is 0.234 e. The van der Waals surface area contributed by atoms with Crippen molar-refractivity contribution in [3.63, 3.8) is 0 Å². The van der Waals surface area contributed by atoms with Gasteiger partial charge in [0.1, 0.15) is 0 Å². The summed E-state index contributed by atoms with van der Waals surface area (Å²) < 4.78 is 0. The van der Waals surface area contributed by atoms with Crippen molar-refractivity contribution in [2.24, 2.45) is 5.90 Å². The van der Waals surface area contributed by atoms with Gasteiger partial charge in [0.25, 0.3) is 0 Å². The molecule has 0 atom stereocenters. The van der Waals surface area contributed by atoms with Crippen molar-refractivity contribution in [2.75, 3.05) is 5.32 Å². The first-order chi connectivity index (χ1) is 7.05. The van der Waals surface area contributed by atoms with E-state index in [9.17, 15) is 4.79 Å². The topological polar surface area (TPSA) is 64.3 Å². The maximum Gasteiger partial charge on any atom is 0.234 e. The number of carbonyl (C=O) groups excluding carboxylic acids is 1. The summed E-state index contributed by atoms with van der Waals surface area (Å²) in [5, 5.41) is 2.85. The number of nitrogens with two attached hydrogens (primary N) is 1. The molecule has 1 aromatic rings. The standard InChI is InChI=1S/C11H14N2O2/c1-11(2)8-5-7(6-15-12)3-4-9(8)13-10(11)14/h3-5H,6,12H2,1-2H3,(H,13,14). The van der Waals surface area contributed by atoms with E-state index in [1.165, 1.54) is 0 Å². The number of fused-ring (bicyclic) bond motifs is 1. The summed E-state index contributed by atoms with van der Waals surface area (Å²) in [7, 11) is 0. The van der Waals surface area contributed by atoms with E-state index in [0.717, 1.165) is 16.8 Å². The summed E-state index contributed by atoms with van der Waals surface area (Å²) in [5.41, 5.74) is 2.38. The lowest BCUT2D eigenvalue weighted by molar-refractivity contribution is -0.119. The van der Waals surface area contributed by atoms with Crippen LogP contribution in [-0.4, -0.2) is 5.91 Å². The molecule has 0 fully saturated rings. The van der Waals surface area contributed by atoms with E-state index in [1.54, 1.807) is 0 Å². The van der Waals surface area contributed by atoms with Gasteiger partial charge in [-0.25, -0.2) is 5.90 Å². The van der Waals surface area contributed by atoms with Crippen LogP contribution in [0.1, 0.15) is 25.0 Å². The second-order valence-corrected chi connectivity index (χ2v) is 4.27. The molecule has 15 heavy (non-hydrogen) atoms. The summed E-state index contributed by atoms with van der Waals surface area (Å²) in [6, 6.07) is 5.74. The molecule has 80 valence electrons. The van der Waals surface area contributed by atoms with Crippen LogP contribution in [0.25, 0.3) is 0 Å². The van der Waals surface area contributed by atoms with E-state index in [4.69, 9.17) is 5.90 Å². The minimum atomic E-state index is -0.472. The van der Waals surface area contributed by atoms with E-state index in [2.05, 4.69) is 10.2 Å². The quantitative estimate of drug-likeness (QED) is 0.717. The Kier molecular flexibility index (Phi) is 2.25. The number of amides is 1. The molecule has 2 rings (SSSR count). The first-order valence-corrected chi connectivity index (χ1v) is 4.82. The summed E-state index contributed by atoms with van der Waals surface area (Å²) >= 11 is 0. The highest BCUT2D eigenvalue weighted by Gasteiger charge is 2.38. The van der Waals surface area contributed by atoms with Gasteiger partial charge in [-0.05, 0) is 31.0 Å². The van der Waals surface area contributed by atoms with Crippen LogP contribution < -0.4 is 11.2 Å². The third-order valence-electron chi connectivity index (χ3n) is 2.82. The second kappa shape index (κ2) is 3.32. The Morgan fingerprint density at radius 1 is 1.47 bits per heavy atom. The highest BCUT2D eigenvalue weighted by atomic mass is 16.6. The van der Waals surface area contributed by atoms with Crippen molar-refractivity contribution in [1.29, 1.82) is 0 Å². The molecule has 0 saturated heterocycles. The molecule has 0 aromatic heterocycles. The molecule has 0 radical (unpaired) electrons. The lowest BCUT2D eigenvalue weighted by atomic mass is 9.85. The van der Waals surface area contributed by atoms with Crippen molar-refractivity contribution >= 4 is 11.6 Å². The first kappa shape index (κ1) is 10.1. The van der Waals surface area contributed by atoms with E-state index in [0.29, 0.717) is 6.61 Å². The van der Waals surface area contributed by atoms with Crippen LogP contribution in [0, 0.1) is 0 Å². The molecule has 0 aliphatic carbocycles. The lowest BCUT2D eigenvalue weighted by Crippen LogP contribution is -2.26. The summed E-state index contributed by atoms with van der Waals surface area (Å²) in [6.07, 6.45) is 0. The Bertz CT molecular complexity index is 413. The largest absolute Gasteiger partial charge is 0.325 e. The molecule has 0 saturated carbocycles. The fraction of sp³-hybridized carbons (Fsp3) is 0.364. The van der Waals surface area contributed by atoms with E-state index in [1.807, 2.05) is 32.0 Å². The van der Waals surface area contributed by atoms with Crippen molar-refractivity contribution in [2.45, 2.75) is 25.9 Å². The molecule has 0 spiro atoms. The third kappa shape index (κ3) is 1.52. The molecule has 1 heterocycles. The van der Waals surface area contributed by atoms with Gasteiger partial charge in [0.15, 0.2) is 0 Å². The zero-order valence-electron chi connectivity index (χ0n) is 8.83. The fourth-order valence-electron chi connectivity index (χ4n) is 1.80. The van der Waals surface area contributed by atoms with Gasteiger partial charge in [0, 0.05) is 5.69 Å². The second-order valence-electron chi connectivity index (χ2n) is 4.27. The van der Waals surface area contributed by atoms with Crippen LogP contribution in [0.5, 0.6) is 0 Å². The Morgan fingerprint density at radius 2 is 2.20 bits per heavy atom. The van der Waals surface area contributed by atoms with Crippen molar-refractivity contribution < 1.29 is 9.63 Å². The molecule has 0 unspecified atom stereocenters. The molecule has 4 heteroatoms. The fourth-order valence-corrected chi connectivity index (χ4v) is 1.80. The number of hydrogen-bond donors (Lipinski definition) is 2. The average Bonchev–Trinajstić information content (AvgIpc) is 2.40. The summed E-state index contributed by atoms with van der Waals surface area (Å²) in [6.45, 7) is 4.17. The molecule has 1 amide bonds. The van der Waals surface area contributed by atoms with Crippen molar-refractivity contribution in [3.8, 4) is 0 Å². The highest BCUT2D eigenvalue weighted by Crippen LogP contribution is 2.37. The average molecular weight is 206 g/mol. The van der Waals surface area contributed by atoms with Crippen LogP contribution in [0.15, 0.2) is 18.2 Å². The number of benzene rings is 1. The number of nitrogens with one attached hydrogen (secondary N) is 1. The molecule has 1 aromatic carbocycles. The summed E-state index contributed by atoms with van der Waals surface area (Å²) in [5.74, 6) is 5.05. The van der Waals surface area contributed by atoms with Crippen molar-refractivity contribution in [3.05, 3.63) is 29.3 Å². The van der Waals surface area contributed by atoms with E-state index < -0.39 is 5.41 Å². The van der Waals surface area contributed by atoms with Crippen LogP contribution in [-0.2, 0) is 21.7 Å². The highest BCUT2D eigenvalue weighted by molar-refractivity contribution is 6.05. The van der Waals surface area contributed by atoms with E-state index in [-0.39, 0.29) is 5.91 Å². The zero-order valence-corrected chi connectivity index (χ0v) is 8.83. The zero-order chi connectivity index (χ0) is 11.1. The molecule has 3 N–H and O–H groups in total. The molecular formula is C11H14N2O2. The predicted octanol–water partition coefficient (Wildman–Crippen LogP) is 1.31.